The van der Waals surface area contributed by atoms with Crippen molar-refractivity contribution < 1.29 is 9.53 Å². The van der Waals surface area contributed by atoms with Crippen molar-refractivity contribution in [1.82, 2.24) is 15.2 Å². The van der Waals surface area contributed by atoms with E-state index >= 15 is 0 Å². The lowest BCUT2D eigenvalue weighted by Gasteiger charge is -2.28. The van der Waals surface area contributed by atoms with Crippen LogP contribution in [0.2, 0.25) is 0 Å². The molecule has 2 heterocycles. The van der Waals surface area contributed by atoms with Crippen molar-refractivity contribution in [1.29, 1.82) is 0 Å². The first-order valence-corrected chi connectivity index (χ1v) is 8.79. The molecule has 5 heteroatoms. The third-order valence-corrected chi connectivity index (χ3v) is 4.63. The summed E-state index contributed by atoms with van der Waals surface area (Å²) in [7, 11) is 0. The molecule has 1 aromatic heterocycles. The molecule has 1 aliphatic rings. The predicted molar refractivity (Wildman–Crippen MR) is 97.7 cm³/mol. The van der Waals surface area contributed by atoms with Crippen LogP contribution >= 0.6 is 0 Å². The van der Waals surface area contributed by atoms with E-state index in [1.54, 1.807) is 6.20 Å². The van der Waals surface area contributed by atoms with Crippen molar-refractivity contribution in [3.8, 4) is 0 Å². The summed E-state index contributed by atoms with van der Waals surface area (Å²) in [6.45, 7) is 5.27. The zero-order valence-corrected chi connectivity index (χ0v) is 14.6. The van der Waals surface area contributed by atoms with Crippen molar-refractivity contribution in [2.24, 2.45) is 0 Å². The lowest BCUT2D eigenvalue weighted by Crippen LogP contribution is -2.47. The number of amides is 2. The van der Waals surface area contributed by atoms with E-state index in [2.05, 4.69) is 41.5 Å². The molecule has 0 aliphatic carbocycles. The number of aryl methyl sites for hydroxylation is 1. The van der Waals surface area contributed by atoms with Crippen molar-refractivity contribution >= 4 is 6.03 Å². The van der Waals surface area contributed by atoms with E-state index < -0.39 is 0 Å². The predicted octanol–water partition coefficient (Wildman–Crippen LogP) is 2.76. The fraction of sp³-hybridized carbons (Fsp3) is 0.400. The number of nitrogens with zero attached hydrogens (tertiary/aromatic N) is 2. The molecule has 25 heavy (non-hydrogen) atoms. The van der Waals surface area contributed by atoms with E-state index in [-0.39, 0.29) is 11.9 Å². The first-order chi connectivity index (χ1) is 12.2. The number of nitrogens with one attached hydrogen (secondary N) is 1. The van der Waals surface area contributed by atoms with Crippen LogP contribution in [0.15, 0.2) is 48.8 Å². The number of pyridine rings is 1. The molecule has 132 valence electrons. The average Bonchev–Trinajstić information content (AvgIpc) is 2.67. The summed E-state index contributed by atoms with van der Waals surface area (Å²) in [5, 5.41) is 3.11. The van der Waals surface area contributed by atoms with Gasteiger partial charge >= 0.3 is 6.03 Å². The van der Waals surface area contributed by atoms with E-state index in [0.717, 1.165) is 6.42 Å². The molecule has 0 radical (unpaired) electrons. The second kappa shape index (κ2) is 8.62. The van der Waals surface area contributed by atoms with Crippen LogP contribution in [0.25, 0.3) is 0 Å². The molecule has 2 aromatic rings. The molecule has 1 aromatic carbocycles. The first kappa shape index (κ1) is 17.4. The average molecular weight is 339 g/mol. The maximum Gasteiger partial charge on any atom is 0.317 e. The summed E-state index contributed by atoms with van der Waals surface area (Å²) in [5.74, 6) is 0.218. The lowest BCUT2D eigenvalue weighted by molar-refractivity contribution is 0.0531. The zero-order valence-electron chi connectivity index (χ0n) is 14.6. The summed E-state index contributed by atoms with van der Waals surface area (Å²) in [6.07, 6.45) is 4.53. The molecule has 2 amide bonds. The molecule has 1 atom stereocenters. The Kier molecular flexibility index (Phi) is 6.01. The number of hydrogen-bond donors (Lipinski definition) is 1. The van der Waals surface area contributed by atoms with E-state index in [1.807, 2.05) is 23.2 Å². The summed E-state index contributed by atoms with van der Waals surface area (Å²) in [4.78, 5) is 18.5. The van der Waals surface area contributed by atoms with E-state index in [4.69, 9.17) is 4.74 Å². The van der Waals surface area contributed by atoms with Crippen LogP contribution in [0.1, 0.15) is 22.6 Å². The second-order valence-corrected chi connectivity index (χ2v) is 6.40. The van der Waals surface area contributed by atoms with Gasteiger partial charge in [-0.1, -0.05) is 30.3 Å². The molecule has 1 unspecified atom stereocenters. The number of urea groups is 1. The molecular formula is C20H25N3O2. The number of carbonyl (C=O) groups is 1. The Labute approximate surface area is 149 Å². The van der Waals surface area contributed by atoms with Crippen LogP contribution in [0.4, 0.5) is 4.79 Å². The molecule has 3 rings (SSSR count). The minimum Gasteiger partial charge on any atom is -0.378 e. The third kappa shape index (κ3) is 4.79. The largest absolute Gasteiger partial charge is 0.378 e. The van der Waals surface area contributed by atoms with Gasteiger partial charge in [-0.2, -0.15) is 0 Å². The number of morpholine rings is 1. The van der Waals surface area contributed by atoms with Gasteiger partial charge in [-0.15, -0.1) is 0 Å². The fourth-order valence-electron chi connectivity index (χ4n) is 3.23. The molecule has 1 N–H and O–H groups in total. The Hall–Kier alpha value is -2.40. The van der Waals surface area contributed by atoms with Crippen molar-refractivity contribution in [2.75, 3.05) is 32.8 Å². The Morgan fingerprint density at radius 3 is 2.76 bits per heavy atom. The van der Waals surface area contributed by atoms with Gasteiger partial charge in [0, 0.05) is 37.9 Å². The molecule has 0 spiro atoms. The Morgan fingerprint density at radius 1 is 1.24 bits per heavy atom. The molecule has 1 fully saturated rings. The van der Waals surface area contributed by atoms with Gasteiger partial charge in [0.05, 0.1) is 13.2 Å². The van der Waals surface area contributed by atoms with Crippen molar-refractivity contribution in [2.45, 2.75) is 19.3 Å². The number of hydrogen-bond acceptors (Lipinski definition) is 3. The molecule has 5 nitrogen and oxygen atoms in total. The highest BCUT2D eigenvalue weighted by Gasteiger charge is 2.20. The third-order valence-electron chi connectivity index (χ3n) is 4.63. The van der Waals surface area contributed by atoms with Crippen LogP contribution < -0.4 is 5.32 Å². The standard InChI is InChI=1S/C20H25N3O2/c1-16-5-2-3-7-19(16)18(13-17-6-4-8-21-14-17)15-22-20(24)23-9-11-25-12-10-23/h2-8,14,18H,9-13,15H2,1H3,(H,22,24). The molecule has 1 saturated heterocycles. The van der Waals surface area contributed by atoms with Crippen molar-refractivity contribution in [3.05, 3.63) is 65.5 Å². The summed E-state index contributed by atoms with van der Waals surface area (Å²) < 4.78 is 5.31. The second-order valence-electron chi connectivity index (χ2n) is 6.40. The highest BCUT2D eigenvalue weighted by molar-refractivity contribution is 5.74. The lowest BCUT2D eigenvalue weighted by atomic mass is 9.89. The van der Waals surface area contributed by atoms with E-state index in [1.165, 1.54) is 16.7 Å². The SMILES string of the molecule is Cc1ccccc1C(CNC(=O)N1CCOCC1)Cc1cccnc1. The number of benzene rings is 1. The van der Waals surface area contributed by atoms with E-state index in [9.17, 15) is 4.79 Å². The van der Waals surface area contributed by atoms with Gasteiger partial charge in [-0.05, 0) is 36.1 Å². The summed E-state index contributed by atoms with van der Waals surface area (Å²) >= 11 is 0. The van der Waals surface area contributed by atoms with E-state index in [0.29, 0.717) is 32.8 Å². The number of ether oxygens (including phenoxy) is 1. The van der Waals surface area contributed by atoms with Crippen LogP contribution in [-0.4, -0.2) is 48.8 Å². The van der Waals surface area contributed by atoms with Gasteiger partial charge in [0.25, 0.3) is 0 Å². The Morgan fingerprint density at radius 2 is 2.04 bits per heavy atom. The van der Waals surface area contributed by atoms with Gasteiger partial charge in [-0.25, -0.2) is 4.79 Å². The quantitative estimate of drug-likeness (QED) is 0.911. The van der Waals surface area contributed by atoms with Gasteiger partial charge < -0.3 is 15.0 Å². The number of rotatable bonds is 5. The minimum atomic E-state index is -0.00642. The highest BCUT2D eigenvalue weighted by Crippen LogP contribution is 2.23. The number of carbonyl (C=O) groups excluding carboxylic acids is 1. The topological polar surface area (TPSA) is 54.5 Å². The Balaban J connectivity index is 1.70. The minimum absolute atomic E-state index is 0.00642. The van der Waals surface area contributed by atoms with Crippen LogP contribution in [0, 0.1) is 6.92 Å². The molecule has 0 bridgehead atoms. The van der Waals surface area contributed by atoms with Gasteiger partial charge in [0.15, 0.2) is 0 Å². The molecule has 1 aliphatic heterocycles. The maximum atomic E-state index is 12.4. The van der Waals surface area contributed by atoms with Gasteiger partial charge in [0.1, 0.15) is 0 Å². The Bertz CT molecular complexity index is 684. The first-order valence-electron chi connectivity index (χ1n) is 8.79. The normalized spacial score (nSPS) is 15.6. The summed E-state index contributed by atoms with van der Waals surface area (Å²) in [6, 6.07) is 12.4. The highest BCUT2D eigenvalue weighted by atomic mass is 16.5. The smallest absolute Gasteiger partial charge is 0.317 e. The summed E-state index contributed by atoms with van der Waals surface area (Å²) in [5.41, 5.74) is 3.70. The monoisotopic (exact) mass is 339 g/mol. The van der Waals surface area contributed by atoms with Gasteiger partial charge in [-0.3, -0.25) is 4.98 Å². The van der Waals surface area contributed by atoms with Gasteiger partial charge in [0.2, 0.25) is 0 Å². The fourth-order valence-corrected chi connectivity index (χ4v) is 3.23. The van der Waals surface area contributed by atoms with Crippen molar-refractivity contribution in [3.63, 3.8) is 0 Å². The zero-order chi connectivity index (χ0) is 17.5. The van der Waals surface area contributed by atoms with Crippen LogP contribution in [-0.2, 0) is 11.2 Å². The van der Waals surface area contributed by atoms with Crippen LogP contribution in [0.3, 0.4) is 0 Å². The maximum absolute atomic E-state index is 12.4. The van der Waals surface area contributed by atoms with Crippen LogP contribution in [0.5, 0.6) is 0 Å². The number of aromatic nitrogens is 1. The molecular weight excluding hydrogens is 314 g/mol. The molecule has 0 saturated carbocycles.